The van der Waals surface area contributed by atoms with Crippen LogP contribution in [0.2, 0.25) is 0 Å². The minimum absolute atomic E-state index is 0.0967. The molecular formula is C5H10F3N. The van der Waals surface area contributed by atoms with Crippen LogP contribution in [0, 0.1) is 5.92 Å². The summed E-state index contributed by atoms with van der Waals surface area (Å²) in [6, 6.07) is 0. The monoisotopic (exact) mass is 141 g/mol. The standard InChI is InChI=1S/C5H10F3N/c1-4(3-9)2-5(6,7)8/h4H,2-3,9H2,1H3/t4-/m1/s1. The maximum absolute atomic E-state index is 11.4. The lowest BCUT2D eigenvalue weighted by atomic mass is 10.1. The van der Waals surface area contributed by atoms with Gasteiger partial charge in [0.25, 0.3) is 0 Å². The maximum Gasteiger partial charge on any atom is 0.389 e. The highest BCUT2D eigenvalue weighted by atomic mass is 19.4. The van der Waals surface area contributed by atoms with Crippen molar-refractivity contribution in [3.05, 3.63) is 0 Å². The molecule has 56 valence electrons. The summed E-state index contributed by atoms with van der Waals surface area (Å²) < 4.78 is 34.3. The molecule has 0 aliphatic carbocycles. The number of nitrogens with two attached hydrogens (primary N) is 1. The van der Waals surface area contributed by atoms with E-state index in [1.165, 1.54) is 6.92 Å². The van der Waals surface area contributed by atoms with Crippen molar-refractivity contribution in [2.24, 2.45) is 11.7 Å². The normalized spacial score (nSPS) is 15.7. The van der Waals surface area contributed by atoms with E-state index in [0.29, 0.717) is 0 Å². The molecule has 0 bridgehead atoms. The van der Waals surface area contributed by atoms with Gasteiger partial charge in [-0.1, -0.05) is 6.92 Å². The molecule has 0 aromatic rings. The molecule has 9 heavy (non-hydrogen) atoms. The third-order valence-corrected chi connectivity index (χ3v) is 0.982. The summed E-state index contributed by atoms with van der Waals surface area (Å²) in [6.45, 7) is 1.58. The number of hydrogen-bond donors (Lipinski definition) is 1. The second-order valence-electron chi connectivity index (χ2n) is 2.16. The van der Waals surface area contributed by atoms with Crippen LogP contribution in [0.3, 0.4) is 0 Å². The van der Waals surface area contributed by atoms with E-state index >= 15 is 0 Å². The van der Waals surface area contributed by atoms with Gasteiger partial charge in [0.1, 0.15) is 0 Å². The molecule has 0 rings (SSSR count). The van der Waals surface area contributed by atoms with Crippen LogP contribution in [0.1, 0.15) is 13.3 Å². The van der Waals surface area contributed by atoms with Gasteiger partial charge in [0, 0.05) is 6.42 Å². The molecule has 0 radical (unpaired) electrons. The van der Waals surface area contributed by atoms with Gasteiger partial charge in [0.15, 0.2) is 0 Å². The second-order valence-corrected chi connectivity index (χ2v) is 2.16. The molecule has 0 saturated heterocycles. The first-order chi connectivity index (χ1) is 3.95. The Morgan fingerprint density at radius 1 is 1.44 bits per heavy atom. The first-order valence-corrected chi connectivity index (χ1v) is 2.72. The fourth-order valence-electron chi connectivity index (χ4n) is 0.478. The van der Waals surface area contributed by atoms with E-state index in [1.807, 2.05) is 0 Å². The zero-order chi connectivity index (χ0) is 7.49. The van der Waals surface area contributed by atoms with E-state index in [4.69, 9.17) is 5.73 Å². The van der Waals surface area contributed by atoms with E-state index in [1.54, 1.807) is 0 Å². The second kappa shape index (κ2) is 3.06. The summed E-state index contributed by atoms with van der Waals surface area (Å²) in [5.74, 6) is -0.454. The Hall–Kier alpha value is -0.250. The maximum atomic E-state index is 11.4. The van der Waals surface area contributed by atoms with Gasteiger partial charge in [-0.15, -0.1) is 0 Å². The molecule has 0 aromatic heterocycles. The summed E-state index contributed by atoms with van der Waals surface area (Å²) in [5, 5.41) is 0. The summed E-state index contributed by atoms with van der Waals surface area (Å²) in [6.07, 6.45) is -4.83. The fraction of sp³-hybridized carbons (Fsp3) is 1.00. The Morgan fingerprint density at radius 3 is 2.00 bits per heavy atom. The molecule has 2 N–H and O–H groups in total. The largest absolute Gasteiger partial charge is 0.389 e. The zero-order valence-electron chi connectivity index (χ0n) is 5.20. The lowest BCUT2D eigenvalue weighted by molar-refractivity contribution is -0.142. The van der Waals surface area contributed by atoms with Crippen LogP contribution in [0.15, 0.2) is 0 Å². The summed E-state index contributed by atoms with van der Waals surface area (Å²) >= 11 is 0. The average molecular weight is 141 g/mol. The van der Waals surface area contributed by atoms with E-state index in [-0.39, 0.29) is 6.54 Å². The van der Waals surface area contributed by atoms with E-state index < -0.39 is 18.5 Å². The number of halogens is 3. The molecule has 1 nitrogen and oxygen atoms in total. The highest BCUT2D eigenvalue weighted by Crippen LogP contribution is 2.23. The molecule has 0 saturated carbocycles. The predicted molar refractivity (Wildman–Crippen MR) is 28.9 cm³/mol. The van der Waals surface area contributed by atoms with Gasteiger partial charge in [-0.2, -0.15) is 13.2 Å². The Kier molecular flexibility index (Phi) is 2.97. The van der Waals surface area contributed by atoms with Crippen molar-refractivity contribution in [1.29, 1.82) is 0 Å². The number of hydrogen-bond acceptors (Lipinski definition) is 1. The van der Waals surface area contributed by atoms with Crippen molar-refractivity contribution in [2.75, 3.05) is 6.54 Å². The topological polar surface area (TPSA) is 26.0 Å². The van der Waals surface area contributed by atoms with Crippen molar-refractivity contribution in [1.82, 2.24) is 0 Å². The Bertz CT molecular complexity index is 78.8. The highest BCUT2D eigenvalue weighted by Gasteiger charge is 2.28. The Morgan fingerprint density at radius 2 is 1.89 bits per heavy atom. The summed E-state index contributed by atoms with van der Waals surface area (Å²) in [7, 11) is 0. The molecule has 1 atom stereocenters. The van der Waals surface area contributed by atoms with Gasteiger partial charge in [0.2, 0.25) is 0 Å². The van der Waals surface area contributed by atoms with Gasteiger partial charge < -0.3 is 5.73 Å². The third-order valence-electron chi connectivity index (χ3n) is 0.982. The van der Waals surface area contributed by atoms with Crippen LogP contribution in [0.4, 0.5) is 13.2 Å². The van der Waals surface area contributed by atoms with Crippen molar-refractivity contribution in [3.63, 3.8) is 0 Å². The first-order valence-electron chi connectivity index (χ1n) is 2.72. The molecule has 0 spiro atoms. The summed E-state index contributed by atoms with van der Waals surface area (Å²) in [5.41, 5.74) is 4.98. The van der Waals surface area contributed by atoms with Gasteiger partial charge in [-0.3, -0.25) is 0 Å². The average Bonchev–Trinajstić information content (AvgIpc) is 1.62. The fourth-order valence-corrected chi connectivity index (χ4v) is 0.478. The van der Waals surface area contributed by atoms with Gasteiger partial charge >= 0.3 is 6.18 Å². The van der Waals surface area contributed by atoms with Gasteiger partial charge in [-0.05, 0) is 12.5 Å². The number of alkyl halides is 3. The van der Waals surface area contributed by atoms with Crippen LogP contribution in [0.25, 0.3) is 0 Å². The molecule has 0 aliphatic rings. The lowest BCUT2D eigenvalue weighted by Crippen LogP contribution is -2.19. The molecule has 0 aliphatic heterocycles. The minimum Gasteiger partial charge on any atom is -0.330 e. The molecule has 0 fully saturated rings. The van der Waals surface area contributed by atoms with E-state index in [2.05, 4.69) is 0 Å². The summed E-state index contributed by atoms with van der Waals surface area (Å²) in [4.78, 5) is 0. The molecule has 0 amide bonds. The molecule has 0 heterocycles. The Balaban J connectivity index is 3.47. The predicted octanol–water partition coefficient (Wildman–Crippen LogP) is 1.53. The van der Waals surface area contributed by atoms with Crippen molar-refractivity contribution < 1.29 is 13.2 Å². The number of rotatable bonds is 2. The van der Waals surface area contributed by atoms with Crippen molar-refractivity contribution in [2.45, 2.75) is 19.5 Å². The van der Waals surface area contributed by atoms with E-state index in [9.17, 15) is 13.2 Å². The lowest BCUT2D eigenvalue weighted by Gasteiger charge is -2.10. The third kappa shape index (κ3) is 5.62. The van der Waals surface area contributed by atoms with Gasteiger partial charge in [-0.25, -0.2) is 0 Å². The van der Waals surface area contributed by atoms with Crippen LogP contribution in [-0.4, -0.2) is 12.7 Å². The molecule has 0 unspecified atom stereocenters. The minimum atomic E-state index is -4.06. The van der Waals surface area contributed by atoms with Crippen LogP contribution in [-0.2, 0) is 0 Å². The van der Waals surface area contributed by atoms with Crippen LogP contribution < -0.4 is 5.73 Å². The molecular weight excluding hydrogens is 131 g/mol. The SMILES string of the molecule is C[C@@H](CN)CC(F)(F)F. The first kappa shape index (κ1) is 8.75. The highest BCUT2D eigenvalue weighted by molar-refractivity contribution is 4.58. The van der Waals surface area contributed by atoms with E-state index in [0.717, 1.165) is 0 Å². The van der Waals surface area contributed by atoms with Crippen LogP contribution in [0.5, 0.6) is 0 Å². The van der Waals surface area contributed by atoms with Crippen LogP contribution >= 0.6 is 0 Å². The van der Waals surface area contributed by atoms with Gasteiger partial charge in [0.05, 0.1) is 0 Å². The quantitative estimate of drug-likeness (QED) is 0.620. The Labute approximate surface area is 52.0 Å². The molecule has 4 heteroatoms. The smallest absolute Gasteiger partial charge is 0.330 e. The molecule has 0 aromatic carbocycles. The van der Waals surface area contributed by atoms with Crippen molar-refractivity contribution >= 4 is 0 Å². The zero-order valence-corrected chi connectivity index (χ0v) is 5.20. The van der Waals surface area contributed by atoms with Crippen molar-refractivity contribution in [3.8, 4) is 0 Å².